The number of rotatable bonds is 6. The van der Waals surface area contributed by atoms with Crippen LogP contribution in [0.2, 0.25) is 0 Å². The fourth-order valence-corrected chi connectivity index (χ4v) is 3.05. The Bertz CT molecular complexity index is 438. The molecule has 4 heteroatoms. The molecule has 1 atom stereocenters. The number of esters is 1. The molecular weight excluding hydrogens is 266 g/mol. The molecule has 1 aliphatic rings. The Kier molecular flexibility index (Phi) is 6.05. The molecule has 0 amide bonds. The van der Waals surface area contributed by atoms with Gasteiger partial charge in [0.05, 0.1) is 20.1 Å². The summed E-state index contributed by atoms with van der Waals surface area (Å²) in [6.45, 7) is 4.35. The maximum Gasteiger partial charge on any atom is 0.306 e. The monoisotopic (exact) mass is 291 g/mol. The molecule has 0 aromatic heterocycles. The number of nitrogens with one attached hydrogen (secondary N) is 1. The van der Waals surface area contributed by atoms with Crippen LogP contribution >= 0.6 is 0 Å². The van der Waals surface area contributed by atoms with E-state index in [1.165, 1.54) is 5.56 Å². The van der Waals surface area contributed by atoms with Crippen LogP contribution in [0.5, 0.6) is 5.75 Å². The Hall–Kier alpha value is -1.55. The number of benzene rings is 1. The van der Waals surface area contributed by atoms with Crippen molar-refractivity contribution in [3.05, 3.63) is 29.8 Å². The third kappa shape index (κ3) is 4.46. The molecule has 1 aliphatic heterocycles. The number of methoxy groups -OCH3 is 1. The van der Waals surface area contributed by atoms with Gasteiger partial charge in [-0.25, -0.2) is 0 Å². The zero-order chi connectivity index (χ0) is 15.1. The molecular formula is C17H25NO3. The normalized spacial score (nSPS) is 17.2. The molecule has 0 bridgehead atoms. The molecule has 1 N–H and O–H groups in total. The molecule has 4 nitrogen and oxygen atoms in total. The lowest BCUT2D eigenvalue weighted by atomic mass is 9.78. The second kappa shape index (κ2) is 8.03. The topological polar surface area (TPSA) is 47.6 Å². The van der Waals surface area contributed by atoms with Gasteiger partial charge in [-0.15, -0.1) is 0 Å². The summed E-state index contributed by atoms with van der Waals surface area (Å²) >= 11 is 0. The first-order chi connectivity index (χ1) is 10.2. The second-order valence-corrected chi connectivity index (χ2v) is 5.48. The van der Waals surface area contributed by atoms with Gasteiger partial charge in [0.1, 0.15) is 5.75 Å². The first-order valence-corrected chi connectivity index (χ1v) is 7.75. The van der Waals surface area contributed by atoms with Crippen LogP contribution < -0.4 is 10.1 Å². The van der Waals surface area contributed by atoms with Crippen molar-refractivity contribution in [3.8, 4) is 5.75 Å². The Labute approximate surface area is 126 Å². The van der Waals surface area contributed by atoms with Crippen LogP contribution in [-0.4, -0.2) is 32.8 Å². The van der Waals surface area contributed by atoms with Gasteiger partial charge in [-0.1, -0.05) is 12.1 Å². The van der Waals surface area contributed by atoms with Crippen molar-refractivity contribution < 1.29 is 14.3 Å². The predicted octanol–water partition coefficient (Wildman–Crippen LogP) is 2.73. The van der Waals surface area contributed by atoms with Crippen LogP contribution in [0, 0.1) is 5.92 Å². The number of carbonyl (C=O) groups is 1. The van der Waals surface area contributed by atoms with E-state index < -0.39 is 0 Å². The molecule has 1 heterocycles. The Morgan fingerprint density at radius 1 is 1.29 bits per heavy atom. The Balaban J connectivity index is 2.14. The van der Waals surface area contributed by atoms with Gasteiger partial charge >= 0.3 is 5.97 Å². The predicted molar refractivity (Wildman–Crippen MR) is 82.6 cm³/mol. The molecule has 0 radical (unpaired) electrons. The van der Waals surface area contributed by atoms with E-state index in [9.17, 15) is 4.79 Å². The lowest BCUT2D eigenvalue weighted by Crippen LogP contribution is -2.31. The van der Waals surface area contributed by atoms with Crippen LogP contribution in [0.15, 0.2) is 24.3 Å². The zero-order valence-corrected chi connectivity index (χ0v) is 12.9. The maximum atomic E-state index is 11.9. The van der Waals surface area contributed by atoms with Crippen molar-refractivity contribution in [1.82, 2.24) is 5.32 Å². The van der Waals surface area contributed by atoms with E-state index in [4.69, 9.17) is 9.47 Å². The van der Waals surface area contributed by atoms with Gasteiger partial charge in [-0.05, 0) is 62.4 Å². The molecule has 2 rings (SSSR count). The van der Waals surface area contributed by atoms with Crippen LogP contribution in [0.1, 0.15) is 37.7 Å². The molecule has 116 valence electrons. The molecule has 1 aromatic rings. The lowest BCUT2D eigenvalue weighted by Gasteiger charge is -2.30. The van der Waals surface area contributed by atoms with Crippen molar-refractivity contribution >= 4 is 5.97 Å². The van der Waals surface area contributed by atoms with Gasteiger partial charge in [0.15, 0.2) is 0 Å². The maximum absolute atomic E-state index is 11.9. The number of carbonyl (C=O) groups excluding carboxylic acids is 1. The summed E-state index contributed by atoms with van der Waals surface area (Å²) in [5, 5.41) is 3.38. The van der Waals surface area contributed by atoms with Gasteiger partial charge in [0.2, 0.25) is 0 Å². The molecule has 0 saturated carbocycles. The summed E-state index contributed by atoms with van der Waals surface area (Å²) < 4.78 is 10.4. The molecule has 1 fully saturated rings. The molecule has 0 aliphatic carbocycles. The van der Waals surface area contributed by atoms with E-state index in [1.54, 1.807) is 7.11 Å². The number of hydrogen-bond acceptors (Lipinski definition) is 4. The fourth-order valence-electron chi connectivity index (χ4n) is 3.05. The third-order valence-corrected chi connectivity index (χ3v) is 4.19. The first-order valence-electron chi connectivity index (χ1n) is 7.75. The van der Waals surface area contributed by atoms with E-state index >= 15 is 0 Å². The van der Waals surface area contributed by atoms with Crippen LogP contribution in [0.25, 0.3) is 0 Å². The molecule has 0 spiro atoms. The van der Waals surface area contributed by atoms with E-state index in [0.29, 0.717) is 18.9 Å². The molecule has 21 heavy (non-hydrogen) atoms. The zero-order valence-electron chi connectivity index (χ0n) is 12.9. The quantitative estimate of drug-likeness (QED) is 0.819. The standard InChI is InChI=1S/C17H25NO3/c1-3-21-17(19)12-16(14-8-10-18-11-9-14)13-4-6-15(20-2)7-5-13/h4-7,14,16,18H,3,8-12H2,1-2H3. The molecule has 1 saturated heterocycles. The summed E-state index contributed by atoms with van der Waals surface area (Å²) in [7, 11) is 1.66. The van der Waals surface area contributed by atoms with E-state index in [-0.39, 0.29) is 11.9 Å². The van der Waals surface area contributed by atoms with Crippen molar-refractivity contribution in [2.75, 3.05) is 26.8 Å². The van der Waals surface area contributed by atoms with Crippen LogP contribution in [-0.2, 0) is 9.53 Å². The number of piperidine rings is 1. The van der Waals surface area contributed by atoms with E-state index in [2.05, 4.69) is 17.4 Å². The average molecular weight is 291 g/mol. The van der Waals surface area contributed by atoms with Gasteiger partial charge in [0, 0.05) is 0 Å². The van der Waals surface area contributed by atoms with Crippen molar-refractivity contribution in [2.45, 2.75) is 32.1 Å². The SMILES string of the molecule is CCOC(=O)CC(c1ccc(OC)cc1)C1CCNCC1. The highest BCUT2D eigenvalue weighted by Gasteiger charge is 2.27. The number of hydrogen-bond donors (Lipinski definition) is 1. The Morgan fingerprint density at radius 3 is 2.52 bits per heavy atom. The van der Waals surface area contributed by atoms with Gasteiger partial charge in [-0.2, -0.15) is 0 Å². The highest BCUT2D eigenvalue weighted by atomic mass is 16.5. The van der Waals surface area contributed by atoms with Gasteiger partial charge in [-0.3, -0.25) is 4.79 Å². The summed E-state index contributed by atoms with van der Waals surface area (Å²) in [4.78, 5) is 11.9. The highest BCUT2D eigenvalue weighted by molar-refractivity contribution is 5.70. The van der Waals surface area contributed by atoms with Crippen LogP contribution in [0.3, 0.4) is 0 Å². The van der Waals surface area contributed by atoms with E-state index in [1.807, 2.05) is 19.1 Å². The van der Waals surface area contributed by atoms with Gasteiger partial charge in [0.25, 0.3) is 0 Å². The lowest BCUT2D eigenvalue weighted by molar-refractivity contribution is -0.143. The van der Waals surface area contributed by atoms with Crippen molar-refractivity contribution in [1.29, 1.82) is 0 Å². The van der Waals surface area contributed by atoms with Crippen molar-refractivity contribution in [2.24, 2.45) is 5.92 Å². The molecule has 1 aromatic carbocycles. The first kappa shape index (κ1) is 15.8. The van der Waals surface area contributed by atoms with Gasteiger partial charge < -0.3 is 14.8 Å². The summed E-state index contributed by atoms with van der Waals surface area (Å²) in [5.74, 6) is 1.51. The number of ether oxygens (including phenoxy) is 2. The summed E-state index contributed by atoms with van der Waals surface area (Å²) in [5.41, 5.74) is 1.20. The largest absolute Gasteiger partial charge is 0.497 e. The minimum absolute atomic E-state index is 0.100. The minimum atomic E-state index is -0.100. The highest BCUT2D eigenvalue weighted by Crippen LogP contribution is 2.34. The summed E-state index contributed by atoms with van der Waals surface area (Å²) in [6, 6.07) is 8.08. The smallest absolute Gasteiger partial charge is 0.306 e. The Morgan fingerprint density at radius 2 is 1.95 bits per heavy atom. The third-order valence-electron chi connectivity index (χ3n) is 4.19. The van der Waals surface area contributed by atoms with Crippen LogP contribution in [0.4, 0.5) is 0 Å². The fraction of sp³-hybridized carbons (Fsp3) is 0.588. The summed E-state index contributed by atoms with van der Waals surface area (Å²) in [6.07, 6.45) is 2.68. The molecule has 1 unspecified atom stereocenters. The second-order valence-electron chi connectivity index (χ2n) is 5.48. The van der Waals surface area contributed by atoms with Crippen molar-refractivity contribution in [3.63, 3.8) is 0 Å². The average Bonchev–Trinajstić information content (AvgIpc) is 2.54. The van der Waals surface area contributed by atoms with E-state index in [0.717, 1.165) is 31.7 Å². The minimum Gasteiger partial charge on any atom is -0.497 e.